The van der Waals surface area contributed by atoms with Gasteiger partial charge in [-0.15, -0.1) is 0 Å². The Morgan fingerprint density at radius 2 is 2.35 bits per heavy atom. The molecule has 0 bridgehead atoms. The van der Waals surface area contributed by atoms with Crippen LogP contribution in [0.25, 0.3) is 0 Å². The van der Waals surface area contributed by atoms with Crippen molar-refractivity contribution in [1.82, 2.24) is 9.88 Å². The van der Waals surface area contributed by atoms with Crippen molar-refractivity contribution in [3.63, 3.8) is 0 Å². The fourth-order valence-electron chi connectivity index (χ4n) is 3.10. The molecule has 122 valence electrons. The molecule has 0 radical (unpaired) electrons. The van der Waals surface area contributed by atoms with Gasteiger partial charge >= 0.3 is 0 Å². The molecular weight excluding hydrogens is 310 g/mol. The van der Waals surface area contributed by atoms with Crippen LogP contribution < -0.4 is 4.90 Å². The number of pyridine rings is 1. The van der Waals surface area contributed by atoms with E-state index in [4.69, 9.17) is 0 Å². The molecule has 1 fully saturated rings. The van der Waals surface area contributed by atoms with Crippen LogP contribution in [0.3, 0.4) is 0 Å². The van der Waals surface area contributed by atoms with Gasteiger partial charge in [-0.25, -0.2) is 4.98 Å². The highest BCUT2D eigenvalue weighted by molar-refractivity contribution is 7.08. The SMILES string of the molecule is CN(C[C@@]1(O)CCCN(c2ccccn2)C1)C(=O)c1ccsc1. The molecule has 0 aromatic carbocycles. The molecule has 1 atom stereocenters. The van der Waals surface area contributed by atoms with Crippen molar-refractivity contribution in [2.75, 3.05) is 31.6 Å². The summed E-state index contributed by atoms with van der Waals surface area (Å²) in [4.78, 5) is 20.4. The highest BCUT2D eigenvalue weighted by Gasteiger charge is 2.36. The van der Waals surface area contributed by atoms with Gasteiger partial charge in [0.2, 0.25) is 0 Å². The van der Waals surface area contributed by atoms with Gasteiger partial charge in [-0.3, -0.25) is 4.79 Å². The van der Waals surface area contributed by atoms with Gasteiger partial charge in [-0.1, -0.05) is 6.07 Å². The third-order valence-corrected chi connectivity index (χ3v) is 4.86. The zero-order chi connectivity index (χ0) is 16.3. The predicted molar refractivity (Wildman–Crippen MR) is 91.9 cm³/mol. The summed E-state index contributed by atoms with van der Waals surface area (Å²) in [6.45, 7) is 1.69. The van der Waals surface area contributed by atoms with Gasteiger partial charge in [0, 0.05) is 31.7 Å². The molecular formula is C17H21N3O2S. The number of likely N-dealkylation sites (N-methyl/N-ethyl adjacent to an activating group) is 1. The number of anilines is 1. The normalized spacial score (nSPS) is 21.2. The van der Waals surface area contributed by atoms with Crippen molar-refractivity contribution in [1.29, 1.82) is 0 Å². The van der Waals surface area contributed by atoms with Crippen LogP contribution in [0, 0.1) is 0 Å². The van der Waals surface area contributed by atoms with Crippen LogP contribution in [0.5, 0.6) is 0 Å². The van der Waals surface area contributed by atoms with Crippen LogP contribution in [-0.2, 0) is 0 Å². The van der Waals surface area contributed by atoms with E-state index in [0.29, 0.717) is 25.1 Å². The summed E-state index contributed by atoms with van der Waals surface area (Å²) in [5.74, 6) is 0.826. The number of aromatic nitrogens is 1. The second-order valence-electron chi connectivity index (χ2n) is 6.11. The van der Waals surface area contributed by atoms with Gasteiger partial charge in [-0.05, 0) is 36.4 Å². The van der Waals surface area contributed by atoms with E-state index >= 15 is 0 Å². The smallest absolute Gasteiger partial charge is 0.254 e. The van der Waals surface area contributed by atoms with E-state index in [-0.39, 0.29) is 5.91 Å². The molecule has 0 aliphatic carbocycles. The van der Waals surface area contributed by atoms with Gasteiger partial charge < -0.3 is 14.9 Å². The number of thiophene rings is 1. The van der Waals surface area contributed by atoms with Gasteiger partial charge in [-0.2, -0.15) is 11.3 Å². The standard InChI is InChI=1S/C17H21N3O2S/c1-19(16(21)14-6-10-23-11-14)12-17(22)7-4-9-20(13-17)15-5-2-3-8-18-15/h2-3,5-6,8,10-11,22H,4,7,9,12-13H2,1H3/t17-/m0/s1. The topological polar surface area (TPSA) is 56.7 Å². The maximum atomic E-state index is 12.4. The molecule has 0 saturated carbocycles. The average molecular weight is 331 g/mol. The summed E-state index contributed by atoms with van der Waals surface area (Å²) in [6.07, 6.45) is 3.33. The maximum absolute atomic E-state index is 12.4. The lowest BCUT2D eigenvalue weighted by Crippen LogP contribution is -2.54. The van der Waals surface area contributed by atoms with Crippen LogP contribution in [0.2, 0.25) is 0 Å². The molecule has 1 aliphatic heterocycles. The Kier molecular flexibility index (Phi) is 4.63. The monoisotopic (exact) mass is 331 g/mol. The van der Waals surface area contributed by atoms with E-state index in [0.717, 1.165) is 18.8 Å². The lowest BCUT2D eigenvalue weighted by Gasteiger charge is -2.41. The molecule has 2 aromatic heterocycles. The van der Waals surface area contributed by atoms with Gasteiger partial charge in [0.25, 0.3) is 5.91 Å². The van der Waals surface area contributed by atoms with Crippen molar-refractivity contribution in [3.8, 4) is 0 Å². The third kappa shape index (κ3) is 3.71. The number of rotatable bonds is 4. The van der Waals surface area contributed by atoms with Crippen LogP contribution in [0.4, 0.5) is 5.82 Å². The number of amides is 1. The lowest BCUT2D eigenvalue weighted by atomic mass is 9.92. The Morgan fingerprint density at radius 1 is 1.48 bits per heavy atom. The summed E-state index contributed by atoms with van der Waals surface area (Å²) >= 11 is 1.50. The summed E-state index contributed by atoms with van der Waals surface area (Å²) in [5.41, 5.74) is -0.227. The van der Waals surface area contributed by atoms with Gasteiger partial charge in [0.15, 0.2) is 0 Å². The first-order valence-electron chi connectivity index (χ1n) is 7.73. The van der Waals surface area contributed by atoms with Gasteiger partial charge in [0.1, 0.15) is 5.82 Å². The molecule has 1 amide bonds. The molecule has 3 rings (SSSR count). The first-order chi connectivity index (χ1) is 11.1. The summed E-state index contributed by atoms with van der Waals surface area (Å²) < 4.78 is 0. The quantitative estimate of drug-likeness (QED) is 0.933. The van der Waals surface area contributed by atoms with E-state index in [1.165, 1.54) is 11.3 Å². The predicted octanol–water partition coefficient (Wildman–Crippen LogP) is 2.25. The van der Waals surface area contributed by atoms with Crippen molar-refractivity contribution in [3.05, 3.63) is 46.8 Å². The van der Waals surface area contributed by atoms with Crippen LogP contribution in [0.15, 0.2) is 41.2 Å². The molecule has 3 heterocycles. The molecule has 2 aromatic rings. The first kappa shape index (κ1) is 16.0. The Labute approximate surface area is 140 Å². The number of carbonyl (C=O) groups excluding carboxylic acids is 1. The number of β-amino-alcohol motifs (C(OH)–C–C–N with tert-alkyl or cyclic N) is 1. The van der Waals surface area contributed by atoms with E-state index in [1.807, 2.05) is 35.0 Å². The first-order valence-corrected chi connectivity index (χ1v) is 8.68. The molecule has 5 nitrogen and oxygen atoms in total. The number of aliphatic hydroxyl groups is 1. The Morgan fingerprint density at radius 3 is 3.04 bits per heavy atom. The van der Waals surface area contributed by atoms with E-state index in [1.54, 1.807) is 18.1 Å². The summed E-state index contributed by atoms with van der Waals surface area (Å²) in [6, 6.07) is 7.59. The lowest BCUT2D eigenvalue weighted by molar-refractivity contribution is -0.000117. The van der Waals surface area contributed by atoms with E-state index in [2.05, 4.69) is 9.88 Å². The van der Waals surface area contributed by atoms with E-state index in [9.17, 15) is 9.90 Å². The second-order valence-corrected chi connectivity index (χ2v) is 6.89. The molecule has 0 spiro atoms. The minimum absolute atomic E-state index is 0.0466. The highest BCUT2D eigenvalue weighted by Crippen LogP contribution is 2.26. The average Bonchev–Trinajstić information content (AvgIpc) is 3.09. The number of hydrogen-bond donors (Lipinski definition) is 1. The number of hydrogen-bond acceptors (Lipinski definition) is 5. The van der Waals surface area contributed by atoms with Crippen LogP contribution in [-0.4, -0.2) is 53.2 Å². The molecule has 6 heteroatoms. The number of nitrogens with zero attached hydrogens (tertiary/aromatic N) is 3. The minimum Gasteiger partial charge on any atom is -0.386 e. The molecule has 1 saturated heterocycles. The summed E-state index contributed by atoms with van der Waals surface area (Å²) in [7, 11) is 1.75. The molecule has 23 heavy (non-hydrogen) atoms. The molecule has 1 aliphatic rings. The zero-order valence-corrected chi connectivity index (χ0v) is 14.0. The fraction of sp³-hybridized carbons (Fsp3) is 0.412. The Balaban J connectivity index is 1.67. The third-order valence-electron chi connectivity index (χ3n) is 4.17. The van der Waals surface area contributed by atoms with Gasteiger partial charge in [0.05, 0.1) is 17.7 Å². The highest BCUT2D eigenvalue weighted by atomic mass is 32.1. The fourth-order valence-corrected chi connectivity index (χ4v) is 3.73. The van der Waals surface area contributed by atoms with Crippen LogP contribution in [0.1, 0.15) is 23.2 Å². The summed E-state index contributed by atoms with van der Waals surface area (Å²) in [5, 5.41) is 14.7. The number of piperidine rings is 1. The molecule has 1 N–H and O–H groups in total. The number of carbonyl (C=O) groups is 1. The molecule has 0 unspecified atom stereocenters. The van der Waals surface area contributed by atoms with Crippen LogP contribution >= 0.6 is 11.3 Å². The van der Waals surface area contributed by atoms with Crippen molar-refractivity contribution >= 4 is 23.1 Å². The Hall–Kier alpha value is -1.92. The van der Waals surface area contributed by atoms with Crippen molar-refractivity contribution in [2.45, 2.75) is 18.4 Å². The maximum Gasteiger partial charge on any atom is 0.254 e. The zero-order valence-electron chi connectivity index (χ0n) is 13.2. The Bertz CT molecular complexity index is 647. The minimum atomic E-state index is -0.907. The second kappa shape index (κ2) is 6.68. The van der Waals surface area contributed by atoms with Crippen molar-refractivity contribution in [2.24, 2.45) is 0 Å². The largest absolute Gasteiger partial charge is 0.386 e. The van der Waals surface area contributed by atoms with Crippen molar-refractivity contribution < 1.29 is 9.90 Å². The van der Waals surface area contributed by atoms with E-state index < -0.39 is 5.60 Å².